The van der Waals surface area contributed by atoms with Gasteiger partial charge in [-0.2, -0.15) is 5.10 Å². The topological polar surface area (TPSA) is 90.9 Å². The van der Waals surface area contributed by atoms with Crippen LogP contribution in [0.2, 0.25) is 0 Å². The van der Waals surface area contributed by atoms with Crippen LogP contribution in [-0.4, -0.2) is 30.5 Å². The van der Waals surface area contributed by atoms with Crippen LogP contribution in [-0.2, 0) is 9.59 Å². The minimum absolute atomic E-state index is 0.150. The summed E-state index contributed by atoms with van der Waals surface area (Å²) in [5.41, 5.74) is 1.95. The van der Waals surface area contributed by atoms with Crippen molar-refractivity contribution >= 4 is 34.8 Å². The number of anilines is 2. The van der Waals surface area contributed by atoms with Crippen molar-refractivity contribution in [1.82, 2.24) is 5.32 Å². The average molecular weight is 350 g/mol. The predicted molar refractivity (Wildman–Crippen MR) is 99.1 cm³/mol. The molecule has 1 aliphatic rings. The van der Waals surface area contributed by atoms with Gasteiger partial charge in [0.2, 0.25) is 5.91 Å². The van der Waals surface area contributed by atoms with E-state index in [2.05, 4.69) is 15.7 Å². The third kappa shape index (κ3) is 3.77. The fraction of sp³-hybridized carbons (Fsp3) is 0.158. The van der Waals surface area contributed by atoms with Crippen molar-refractivity contribution in [3.8, 4) is 0 Å². The molecule has 7 heteroatoms. The van der Waals surface area contributed by atoms with Crippen LogP contribution in [0.25, 0.3) is 0 Å². The highest BCUT2D eigenvalue weighted by Gasteiger charge is 2.25. The van der Waals surface area contributed by atoms with Crippen molar-refractivity contribution < 1.29 is 14.4 Å². The zero-order chi connectivity index (χ0) is 18.5. The number of hydrogen-bond acceptors (Lipinski definition) is 4. The Morgan fingerprint density at radius 2 is 1.65 bits per heavy atom. The van der Waals surface area contributed by atoms with Crippen molar-refractivity contribution in [1.29, 1.82) is 0 Å². The molecule has 0 spiro atoms. The first-order valence-electron chi connectivity index (χ1n) is 8.17. The van der Waals surface area contributed by atoms with E-state index in [9.17, 15) is 14.4 Å². The molecule has 3 amide bonds. The van der Waals surface area contributed by atoms with E-state index in [0.29, 0.717) is 16.9 Å². The van der Waals surface area contributed by atoms with Crippen LogP contribution < -0.4 is 15.6 Å². The number of para-hydroxylation sites is 1. The second-order valence-electron chi connectivity index (χ2n) is 5.70. The first kappa shape index (κ1) is 17.3. The molecule has 0 radical (unpaired) electrons. The first-order valence-corrected chi connectivity index (χ1v) is 8.17. The van der Waals surface area contributed by atoms with Gasteiger partial charge in [0.15, 0.2) is 0 Å². The SMILES string of the molecule is CNC(=O)c1ccc(NC(=O)C2=NN(c3ccccc3)C(=O)CC2)cc1. The van der Waals surface area contributed by atoms with E-state index in [-0.39, 0.29) is 36.3 Å². The zero-order valence-corrected chi connectivity index (χ0v) is 14.2. The van der Waals surface area contributed by atoms with Gasteiger partial charge in [-0.05, 0) is 36.4 Å². The second kappa shape index (κ2) is 7.60. The molecule has 3 rings (SSSR count). The van der Waals surface area contributed by atoms with Gasteiger partial charge >= 0.3 is 0 Å². The first-order chi connectivity index (χ1) is 12.6. The summed E-state index contributed by atoms with van der Waals surface area (Å²) in [6.45, 7) is 0. The fourth-order valence-corrected chi connectivity index (χ4v) is 2.54. The summed E-state index contributed by atoms with van der Waals surface area (Å²) >= 11 is 0. The van der Waals surface area contributed by atoms with Crippen molar-refractivity contribution in [2.45, 2.75) is 12.8 Å². The maximum atomic E-state index is 12.5. The lowest BCUT2D eigenvalue weighted by atomic mass is 10.1. The average Bonchev–Trinajstić information content (AvgIpc) is 2.69. The fourth-order valence-electron chi connectivity index (χ4n) is 2.54. The zero-order valence-electron chi connectivity index (χ0n) is 14.2. The van der Waals surface area contributed by atoms with Gasteiger partial charge in [-0.25, -0.2) is 5.01 Å². The molecule has 0 saturated carbocycles. The summed E-state index contributed by atoms with van der Waals surface area (Å²) in [7, 11) is 1.55. The smallest absolute Gasteiger partial charge is 0.271 e. The van der Waals surface area contributed by atoms with Crippen molar-refractivity contribution in [2.75, 3.05) is 17.4 Å². The van der Waals surface area contributed by atoms with E-state index < -0.39 is 0 Å². The van der Waals surface area contributed by atoms with E-state index >= 15 is 0 Å². The molecule has 2 aromatic carbocycles. The van der Waals surface area contributed by atoms with E-state index in [0.717, 1.165) is 0 Å². The lowest BCUT2D eigenvalue weighted by Gasteiger charge is -2.23. The summed E-state index contributed by atoms with van der Waals surface area (Å²) in [5.74, 6) is -0.717. The van der Waals surface area contributed by atoms with Crippen molar-refractivity contribution in [3.63, 3.8) is 0 Å². The molecule has 0 saturated heterocycles. The van der Waals surface area contributed by atoms with E-state index in [4.69, 9.17) is 0 Å². The van der Waals surface area contributed by atoms with Gasteiger partial charge in [-0.1, -0.05) is 18.2 Å². The summed E-state index contributed by atoms with van der Waals surface area (Å²) in [5, 5.41) is 10.7. The molecule has 0 unspecified atom stereocenters. The highest BCUT2D eigenvalue weighted by Crippen LogP contribution is 2.20. The maximum Gasteiger partial charge on any atom is 0.271 e. The third-order valence-corrected chi connectivity index (χ3v) is 3.93. The number of nitrogens with one attached hydrogen (secondary N) is 2. The molecule has 7 nitrogen and oxygen atoms in total. The van der Waals surface area contributed by atoms with E-state index in [1.807, 2.05) is 6.07 Å². The Balaban J connectivity index is 1.75. The van der Waals surface area contributed by atoms with Gasteiger partial charge in [0.25, 0.3) is 11.8 Å². The van der Waals surface area contributed by atoms with Crippen LogP contribution in [0.5, 0.6) is 0 Å². The Morgan fingerprint density at radius 1 is 0.962 bits per heavy atom. The van der Waals surface area contributed by atoms with Crippen LogP contribution in [0.4, 0.5) is 11.4 Å². The van der Waals surface area contributed by atoms with Crippen LogP contribution in [0.1, 0.15) is 23.2 Å². The van der Waals surface area contributed by atoms with Crippen LogP contribution >= 0.6 is 0 Å². The standard InChI is InChI=1S/C19H18N4O3/c1-20-18(25)13-7-9-14(10-8-13)21-19(26)16-11-12-17(24)23(22-16)15-5-3-2-4-6-15/h2-10H,11-12H2,1H3,(H,20,25)(H,21,26). The molecule has 2 N–H and O–H groups in total. The number of rotatable bonds is 4. The Morgan fingerprint density at radius 3 is 2.31 bits per heavy atom. The Hall–Kier alpha value is -3.48. The van der Waals surface area contributed by atoms with Gasteiger partial charge in [0, 0.05) is 31.1 Å². The van der Waals surface area contributed by atoms with Crippen LogP contribution in [0.15, 0.2) is 59.7 Å². The van der Waals surface area contributed by atoms with E-state index in [1.165, 1.54) is 5.01 Å². The number of carbonyl (C=O) groups excluding carboxylic acids is 3. The van der Waals surface area contributed by atoms with Crippen LogP contribution in [0, 0.1) is 0 Å². The minimum atomic E-state index is -0.369. The minimum Gasteiger partial charge on any atom is -0.355 e. The molecular formula is C19H18N4O3. The second-order valence-corrected chi connectivity index (χ2v) is 5.70. The Bertz CT molecular complexity index is 860. The molecule has 0 bridgehead atoms. The third-order valence-electron chi connectivity index (χ3n) is 3.93. The number of benzene rings is 2. The molecule has 26 heavy (non-hydrogen) atoms. The number of hydrazone groups is 1. The van der Waals surface area contributed by atoms with Crippen molar-refractivity contribution in [3.05, 3.63) is 60.2 Å². The number of amides is 3. The molecule has 0 aliphatic carbocycles. The molecule has 0 aromatic heterocycles. The lowest BCUT2D eigenvalue weighted by Crippen LogP contribution is -2.36. The number of nitrogens with zero attached hydrogens (tertiary/aromatic N) is 2. The van der Waals surface area contributed by atoms with Gasteiger partial charge in [0.1, 0.15) is 5.71 Å². The summed E-state index contributed by atoms with van der Waals surface area (Å²) in [6.07, 6.45) is 0.501. The molecule has 2 aromatic rings. The van der Waals surface area contributed by atoms with Gasteiger partial charge < -0.3 is 10.6 Å². The maximum absolute atomic E-state index is 12.5. The Labute approximate surface area is 150 Å². The molecule has 1 heterocycles. The highest BCUT2D eigenvalue weighted by molar-refractivity contribution is 6.44. The van der Waals surface area contributed by atoms with Crippen molar-refractivity contribution in [2.24, 2.45) is 5.10 Å². The summed E-state index contributed by atoms with van der Waals surface area (Å²) in [4.78, 5) is 36.1. The molecule has 132 valence electrons. The van der Waals surface area contributed by atoms with E-state index in [1.54, 1.807) is 55.6 Å². The normalized spacial score (nSPS) is 13.8. The largest absolute Gasteiger partial charge is 0.355 e. The monoisotopic (exact) mass is 350 g/mol. The van der Waals surface area contributed by atoms with Gasteiger partial charge in [-0.3, -0.25) is 14.4 Å². The Kier molecular flexibility index (Phi) is 5.07. The van der Waals surface area contributed by atoms with Gasteiger partial charge in [0.05, 0.1) is 5.69 Å². The quantitative estimate of drug-likeness (QED) is 0.885. The predicted octanol–water partition coefficient (Wildman–Crippen LogP) is 2.17. The summed E-state index contributed by atoms with van der Waals surface area (Å²) < 4.78 is 0. The van der Waals surface area contributed by atoms with Crippen LogP contribution in [0.3, 0.4) is 0 Å². The lowest BCUT2D eigenvalue weighted by molar-refractivity contribution is -0.118. The molecule has 0 fully saturated rings. The number of hydrogen-bond donors (Lipinski definition) is 2. The van der Waals surface area contributed by atoms with Gasteiger partial charge in [-0.15, -0.1) is 0 Å². The summed E-state index contributed by atoms with van der Waals surface area (Å²) in [6, 6.07) is 15.5. The molecule has 1 aliphatic heterocycles. The highest BCUT2D eigenvalue weighted by atomic mass is 16.2. The number of carbonyl (C=O) groups is 3. The molecule has 0 atom stereocenters. The molecular weight excluding hydrogens is 332 g/mol.